The Bertz CT molecular complexity index is 902. The Hall–Kier alpha value is -2.22. The molecule has 6 nitrogen and oxygen atoms in total. The Labute approximate surface area is 178 Å². The van der Waals surface area contributed by atoms with Crippen LogP contribution in [0.2, 0.25) is 4.34 Å². The van der Waals surface area contributed by atoms with E-state index in [1.54, 1.807) is 35.6 Å². The van der Waals surface area contributed by atoms with Crippen LogP contribution in [0.1, 0.15) is 38.4 Å². The van der Waals surface area contributed by atoms with E-state index < -0.39 is 0 Å². The molecule has 1 aromatic carbocycles. The third kappa shape index (κ3) is 4.37. The maximum Gasteiger partial charge on any atom is 0.261 e. The number of amides is 3. The van der Waals surface area contributed by atoms with Crippen molar-refractivity contribution in [2.24, 2.45) is 0 Å². The number of thiophene rings is 1. The molecule has 3 amide bonds. The van der Waals surface area contributed by atoms with Crippen molar-refractivity contribution < 1.29 is 14.4 Å². The van der Waals surface area contributed by atoms with Crippen LogP contribution in [0.4, 0.5) is 0 Å². The summed E-state index contributed by atoms with van der Waals surface area (Å²) < 4.78 is 0.798. The summed E-state index contributed by atoms with van der Waals surface area (Å²) >= 11 is 7.58. The van der Waals surface area contributed by atoms with E-state index in [4.69, 9.17) is 11.6 Å². The van der Waals surface area contributed by atoms with Gasteiger partial charge in [0.2, 0.25) is 5.91 Å². The van der Waals surface area contributed by atoms with Crippen LogP contribution in [0.15, 0.2) is 36.4 Å². The first-order chi connectivity index (χ1) is 14.0. The minimum absolute atomic E-state index is 0.0837. The summed E-state index contributed by atoms with van der Waals surface area (Å²) in [5.41, 5.74) is 0.902. The average molecular weight is 432 g/mol. The number of piperazine rings is 1. The first-order valence-electron chi connectivity index (χ1n) is 9.72. The summed E-state index contributed by atoms with van der Waals surface area (Å²) in [6.45, 7) is 4.20. The molecule has 0 aliphatic carbocycles. The van der Waals surface area contributed by atoms with E-state index >= 15 is 0 Å². The molecule has 1 saturated heterocycles. The fraction of sp³-hybridized carbons (Fsp3) is 0.381. The maximum atomic E-state index is 12.5. The molecule has 2 aromatic rings. The minimum atomic E-state index is -0.264. The third-order valence-electron chi connectivity index (χ3n) is 5.38. The van der Waals surface area contributed by atoms with Gasteiger partial charge >= 0.3 is 0 Å². The molecular weight excluding hydrogens is 410 g/mol. The van der Waals surface area contributed by atoms with Gasteiger partial charge in [0.15, 0.2) is 0 Å². The van der Waals surface area contributed by atoms with Gasteiger partial charge in [-0.15, -0.1) is 11.3 Å². The van der Waals surface area contributed by atoms with Gasteiger partial charge in [-0.1, -0.05) is 23.7 Å². The van der Waals surface area contributed by atoms with Crippen molar-refractivity contribution in [2.75, 3.05) is 32.7 Å². The molecule has 0 unspecified atom stereocenters. The molecule has 152 valence electrons. The molecule has 3 heterocycles. The molecular formula is C21H22ClN3O3S. The molecule has 1 fully saturated rings. The van der Waals surface area contributed by atoms with E-state index in [1.165, 1.54) is 9.78 Å². The molecule has 0 N–H and O–H groups in total. The summed E-state index contributed by atoms with van der Waals surface area (Å²) in [5.74, 6) is -0.443. The second-order valence-electron chi connectivity index (χ2n) is 7.27. The van der Waals surface area contributed by atoms with E-state index in [-0.39, 0.29) is 24.3 Å². The van der Waals surface area contributed by atoms with Gasteiger partial charge in [0, 0.05) is 50.6 Å². The Morgan fingerprint density at radius 2 is 1.62 bits per heavy atom. The number of carbonyl (C=O) groups is 3. The molecule has 0 spiro atoms. The molecule has 29 heavy (non-hydrogen) atoms. The van der Waals surface area contributed by atoms with Crippen LogP contribution in [-0.2, 0) is 11.3 Å². The van der Waals surface area contributed by atoms with Gasteiger partial charge in [0.25, 0.3) is 11.8 Å². The lowest BCUT2D eigenvalue weighted by atomic mass is 10.1. The zero-order valence-electron chi connectivity index (χ0n) is 16.0. The van der Waals surface area contributed by atoms with Crippen molar-refractivity contribution in [3.05, 3.63) is 56.7 Å². The van der Waals surface area contributed by atoms with Gasteiger partial charge in [-0.2, -0.15) is 0 Å². The maximum absolute atomic E-state index is 12.5. The minimum Gasteiger partial charge on any atom is -0.340 e. The molecule has 1 aromatic heterocycles. The van der Waals surface area contributed by atoms with Gasteiger partial charge in [0.05, 0.1) is 15.5 Å². The molecule has 0 bridgehead atoms. The van der Waals surface area contributed by atoms with E-state index in [1.807, 2.05) is 17.0 Å². The number of rotatable bonds is 6. The monoisotopic (exact) mass is 431 g/mol. The summed E-state index contributed by atoms with van der Waals surface area (Å²) in [7, 11) is 0. The molecule has 4 rings (SSSR count). The highest BCUT2D eigenvalue weighted by atomic mass is 35.5. The fourth-order valence-corrected chi connectivity index (χ4v) is 4.93. The van der Waals surface area contributed by atoms with Gasteiger partial charge < -0.3 is 4.90 Å². The van der Waals surface area contributed by atoms with E-state index in [0.717, 1.165) is 24.0 Å². The summed E-state index contributed by atoms with van der Waals surface area (Å²) in [6.07, 6.45) is 0.826. The number of halogens is 1. The Balaban J connectivity index is 1.21. The zero-order chi connectivity index (χ0) is 20.4. The van der Waals surface area contributed by atoms with Gasteiger partial charge in [-0.25, -0.2) is 0 Å². The number of benzene rings is 1. The van der Waals surface area contributed by atoms with E-state index in [0.29, 0.717) is 37.1 Å². The lowest BCUT2D eigenvalue weighted by molar-refractivity contribution is -0.133. The Morgan fingerprint density at radius 3 is 2.21 bits per heavy atom. The molecule has 0 atom stereocenters. The fourth-order valence-electron chi connectivity index (χ4n) is 3.80. The highest BCUT2D eigenvalue weighted by Gasteiger charge is 2.34. The van der Waals surface area contributed by atoms with Crippen LogP contribution >= 0.6 is 22.9 Å². The number of fused-ring (bicyclic) bond motifs is 1. The zero-order valence-corrected chi connectivity index (χ0v) is 17.5. The summed E-state index contributed by atoms with van der Waals surface area (Å²) in [5, 5.41) is 0. The largest absolute Gasteiger partial charge is 0.340 e. The van der Waals surface area contributed by atoms with Gasteiger partial charge in [-0.3, -0.25) is 24.2 Å². The Kier molecular flexibility index (Phi) is 5.99. The van der Waals surface area contributed by atoms with Crippen molar-refractivity contribution >= 4 is 40.7 Å². The van der Waals surface area contributed by atoms with E-state index in [9.17, 15) is 14.4 Å². The van der Waals surface area contributed by atoms with Crippen molar-refractivity contribution in [2.45, 2.75) is 19.4 Å². The standard InChI is InChI=1S/C21H22ClN3O3S/c22-18-8-7-15(29-18)14-23-10-12-24(13-11-23)19(26)6-3-9-25-20(27)16-4-1-2-5-17(16)21(25)28/h1-2,4-5,7-8H,3,6,9-14H2. The molecule has 0 saturated carbocycles. The smallest absolute Gasteiger partial charge is 0.261 e. The molecule has 0 radical (unpaired) electrons. The summed E-state index contributed by atoms with van der Waals surface area (Å²) in [6, 6.07) is 10.8. The predicted molar refractivity (Wildman–Crippen MR) is 112 cm³/mol. The number of nitrogens with zero attached hydrogens (tertiary/aromatic N) is 3. The molecule has 8 heteroatoms. The van der Waals surface area contributed by atoms with Crippen molar-refractivity contribution in [1.29, 1.82) is 0 Å². The normalized spacial score (nSPS) is 17.1. The number of hydrogen-bond acceptors (Lipinski definition) is 5. The SMILES string of the molecule is O=C(CCCN1C(=O)c2ccccc2C1=O)N1CCN(Cc2ccc(Cl)s2)CC1. The van der Waals surface area contributed by atoms with Crippen LogP contribution in [0.3, 0.4) is 0 Å². The van der Waals surface area contributed by atoms with Gasteiger partial charge in [0.1, 0.15) is 0 Å². The lowest BCUT2D eigenvalue weighted by Gasteiger charge is -2.34. The second kappa shape index (κ2) is 8.65. The first kappa shape index (κ1) is 20.1. The predicted octanol–water partition coefficient (Wildman–Crippen LogP) is 3.12. The Morgan fingerprint density at radius 1 is 0.966 bits per heavy atom. The van der Waals surface area contributed by atoms with Crippen LogP contribution in [0.5, 0.6) is 0 Å². The topological polar surface area (TPSA) is 60.9 Å². The quantitative estimate of drug-likeness (QED) is 0.659. The van der Waals surface area contributed by atoms with Crippen LogP contribution in [-0.4, -0.2) is 65.1 Å². The number of carbonyl (C=O) groups excluding carboxylic acids is 3. The second-order valence-corrected chi connectivity index (χ2v) is 9.07. The van der Waals surface area contributed by atoms with Gasteiger partial charge in [-0.05, 0) is 30.7 Å². The van der Waals surface area contributed by atoms with Crippen molar-refractivity contribution in [3.8, 4) is 0 Å². The van der Waals surface area contributed by atoms with Crippen molar-refractivity contribution in [1.82, 2.24) is 14.7 Å². The average Bonchev–Trinajstić information content (AvgIpc) is 3.24. The lowest BCUT2D eigenvalue weighted by Crippen LogP contribution is -2.48. The highest BCUT2D eigenvalue weighted by Crippen LogP contribution is 2.24. The van der Waals surface area contributed by atoms with Crippen LogP contribution in [0.25, 0.3) is 0 Å². The third-order valence-corrected chi connectivity index (χ3v) is 6.60. The first-order valence-corrected chi connectivity index (χ1v) is 10.9. The van der Waals surface area contributed by atoms with E-state index in [2.05, 4.69) is 4.90 Å². The number of hydrogen-bond donors (Lipinski definition) is 0. The summed E-state index contributed by atoms with van der Waals surface area (Å²) in [4.78, 5) is 43.9. The van der Waals surface area contributed by atoms with Crippen molar-refractivity contribution in [3.63, 3.8) is 0 Å². The van der Waals surface area contributed by atoms with Crippen LogP contribution < -0.4 is 0 Å². The molecule has 2 aliphatic rings. The number of imide groups is 1. The molecule has 2 aliphatic heterocycles. The highest BCUT2D eigenvalue weighted by molar-refractivity contribution is 7.16. The van der Waals surface area contributed by atoms with Crippen LogP contribution in [0, 0.1) is 0 Å².